The topological polar surface area (TPSA) is 110 Å². The summed E-state index contributed by atoms with van der Waals surface area (Å²) in [6.45, 7) is 2.35. The molecular formula is C18H18N4O4S. The molecule has 0 unspecified atom stereocenters. The maximum absolute atomic E-state index is 12.4. The van der Waals surface area contributed by atoms with Crippen LogP contribution in [0.5, 0.6) is 0 Å². The minimum Gasteiger partial charge on any atom is -0.459 e. The van der Waals surface area contributed by atoms with E-state index in [0.29, 0.717) is 36.1 Å². The van der Waals surface area contributed by atoms with Crippen molar-refractivity contribution in [2.75, 3.05) is 13.1 Å². The van der Waals surface area contributed by atoms with Gasteiger partial charge in [-0.05, 0) is 31.2 Å². The number of hydrogen-bond donors (Lipinski definition) is 2. The maximum Gasteiger partial charge on any atom is 0.287 e. The summed E-state index contributed by atoms with van der Waals surface area (Å²) in [5.74, 6) is 1.26. The molecule has 0 fully saturated rings. The van der Waals surface area contributed by atoms with Gasteiger partial charge in [0, 0.05) is 18.0 Å². The smallest absolute Gasteiger partial charge is 0.287 e. The van der Waals surface area contributed by atoms with Crippen LogP contribution in [0.4, 0.5) is 0 Å². The van der Waals surface area contributed by atoms with Crippen molar-refractivity contribution in [2.45, 2.75) is 17.6 Å². The molecule has 0 aliphatic rings. The van der Waals surface area contributed by atoms with Crippen LogP contribution in [0, 0.1) is 6.92 Å². The number of amides is 2. The van der Waals surface area contributed by atoms with Gasteiger partial charge in [-0.15, -0.1) is 11.8 Å². The van der Waals surface area contributed by atoms with Gasteiger partial charge in [-0.25, -0.2) is 0 Å². The SMILES string of the molecule is Cc1noc(CSc2ccccc2C(=O)NCCNC(=O)c2ccco2)n1. The van der Waals surface area contributed by atoms with E-state index in [2.05, 4.69) is 20.8 Å². The first-order chi connectivity index (χ1) is 13.1. The van der Waals surface area contributed by atoms with Gasteiger partial charge in [0.2, 0.25) is 5.89 Å². The quantitative estimate of drug-likeness (QED) is 0.452. The fraction of sp³-hybridized carbons (Fsp3) is 0.222. The summed E-state index contributed by atoms with van der Waals surface area (Å²) < 4.78 is 10.1. The molecule has 0 aliphatic heterocycles. The number of carbonyl (C=O) groups excluding carboxylic acids is 2. The molecule has 0 bridgehead atoms. The molecule has 2 aromatic heterocycles. The van der Waals surface area contributed by atoms with Crippen molar-refractivity contribution in [3.63, 3.8) is 0 Å². The molecule has 0 saturated heterocycles. The Morgan fingerprint density at radius 1 is 1.07 bits per heavy atom. The molecule has 27 heavy (non-hydrogen) atoms. The highest BCUT2D eigenvalue weighted by atomic mass is 32.2. The van der Waals surface area contributed by atoms with Crippen LogP contribution in [-0.2, 0) is 5.75 Å². The molecule has 8 nitrogen and oxygen atoms in total. The fourth-order valence-electron chi connectivity index (χ4n) is 2.26. The number of furan rings is 1. The van der Waals surface area contributed by atoms with E-state index in [1.54, 1.807) is 31.2 Å². The average molecular weight is 386 g/mol. The number of aromatic nitrogens is 2. The van der Waals surface area contributed by atoms with Gasteiger partial charge in [-0.3, -0.25) is 9.59 Å². The third-order valence-electron chi connectivity index (χ3n) is 3.49. The standard InChI is InChI=1S/C18H18N4O4S/c1-12-21-16(26-22-12)11-27-15-7-3-2-5-13(15)17(23)19-8-9-20-18(24)14-6-4-10-25-14/h2-7,10H,8-9,11H2,1H3,(H,19,23)(H,20,24). The summed E-state index contributed by atoms with van der Waals surface area (Å²) in [7, 11) is 0. The van der Waals surface area contributed by atoms with Crippen LogP contribution in [0.3, 0.4) is 0 Å². The van der Waals surface area contributed by atoms with E-state index >= 15 is 0 Å². The zero-order valence-corrected chi connectivity index (χ0v) is 15.4. The van der Waals surface area contributed by atoms with Crippen molar-refractivity contribution in [3.8, 4) is 0 Å². The largest absolute Gasteiger partial charge is 0.459 e. The lowest BCUT2D eigenvalue weighted by Crippen LogP contribution is -2.34. The van der Waals surface area contributed by atoms with E-state index in [4.69, 9.17) is 8.94 Å². The Kier molecular flexibility index (Phi) is 6.26. The molecule has 2 heterocycles. The summed E-state index contributed by atoms with van der Waals surface area (Å²) in [6.07, 6.45) is 1.43. The van der Waals surface area contributed by atoms with E-state index < -0.39 is 0 Å². The van der Waals surface area contributed by atoms with E-state index in [9.17, 15) is 9.59 Å². The van der Waals surface area contributed by atoms with Crippen LogP contribution in [-0.4, -0.2) is 35.0 Å². The van der Waals surface area contributed by atoms with E-state index in [0.717, 1.165) is 4.90 Å². The summed E-state index contributed by atoms with van der Waals surface area (Å²) in [4.78, 5) is 29.2. The fourth-order valence-corrected chi connectivity index (χ4v) is 3.15. The predicted octanol–water partition coefficient (Wildman–Crippen LogP) is 2.42. The monoisotopic (exact) mass is 386 g/mol. The molecule has 3 rings (SSSR count). The molecule has 3 aromatic rings. The second-order valence-corrected chi connectivity index (χ2v) is 6.53. The van der Waals surface area contributed by atoms with Gasteiger partial charge in [0.05, 0.1) is 17.6 Å². The summed E-state index contributed by atoms with van der Waals surface area (Å²) in [6, 6.07) is 10.5. The van der Waals surface area contributed by atoms with Gasteiger partial charge in [-0.2, -0.15) is 4.98 Å². The molecule has 9 heteroatoms. The molecule has 0 aliphatic carbocycles. The van der Waals surface area contributed by atoms with Crippen molar-refractivity contribution in [3.05, 3.63) is 65.7 Å². The molecule has 140 valence electrons. The molecule has 0 spiro atoms. The van der Waals surface area contributed by atoms with Crippen LogP contribution in [0.25, 0.3) is 0 Å². The highest BCUT2D eigenvalue weighted by Gasteiger charge is 2.13. The molecule has 2 N–H and O–H groups in total. The molecule has 0 radical (unpaired) electrons. The van der Waals surface area contributed by atoms with Gasteiger partial charge >= 0.3 is 0 Å². The lowest BCUT2D eigenvalue weighted by molar-refractivity contribution is 0.0910. The number of rotatable bonds is 8. The normalized spacial score (nSPS) is 10.6. The van der Waals surface area contributed by atoms with Crippen molar-refractivity contribution < 1.29 is 18.5 Å². The average Bonchev–Trinajstić information content (AvgIpc) is 3.35. The first kappa shape index (κ1) is 18.7. The molecule has 0 saturated carbocycles. The minimum atomic E-state index is -0.319. The lowest BCUT2D eigenvalue weighted by Gasteiger charge is -2.09. The van der Waals surface area contributed by atoms with Crippen molar-refractivity contribution >= 4 is 23.6 Å². The first-order valence-electron chi connectivity index (χ1n) is 8.24. The Hall–Kier alpha value is -3.07. The van der Waals surface area contributed by atoms with Crippen molar-refractivity contribution in [2.24, 2.45) is 0 Å². The van der Waals surface area contributed by atoms with E-state index in [-0.39, 0.29) is 17.6 Å². The maximum atomic E-state index is 12.4. The zero-order valence-electron chi connectivity index (χ0n) is 14.6. The third-order valence-corrected chi connectivity index (χ3v) is 4.55. The number of thioether (sulfide) groups is 1. The van der Waals surface area contributed by atoms with Gasteiger partial charge in [-0.1, -0.05) is 17.3 Å². The number of hydrogen-bond acceptors (Lipinski definition) is 7. The zero-order chi connectivity index (χ0) is 19.1. The lowest BCUT2D eigenvalue weighted by atomic mass is 10.2. The summed E-state index contributed by atoms with van der Waals surface area (Å²) in [5.41, 5.74) is 0.552. The van der Waals surface area contributed by atoms with Crippen LogP contribution in [0.15, 0.2) is 56.5 Å². The molecule has 2 amide bonds. The Morgan fingerprint density at radius 2 is 1.85 bits per heavy atom. The number of nitrogens with zero attached hydrogens (tertiary/aromatic N) is 2. The van der Waals surface area contributed by atoms with Crippen LogP contribution >= 0.6 is 11.8 Å². The molecule has 1 aromatic carbocycles. The molecular weight excluding hydrogens is 368 g/mol. The van der Waals surface area contributed by atoms with Crippen LogP contribution in [0.1, 0.15) is 32.6 Å². The second kappa shape index (κ2) is 9.04. The third kappa shape index (κ3) is 5.20. The predicted molar refractivity (Wildman–Crippen MR) is 98.4 cm³/mol. The Labute approximate surface area is 159 Å². The van der Waals surface area contributed by atoms with Crippen LogP contribution < -0.4 is 10.6 Å². The highest BCUT2D eigenvalue weighted by molar-refractivity contribution is 7.98. The van der Waals surface area contributed by atoms with Gasteiger partial charge in [0.15, 0.2) is 11.6 Å². The van der Waals surface area contributed by atoms with Crippen molar-refractivity contribution in [1.82, 2.24) is 20.8 Å². The number of benzene rings is 1. The highest BCUT2D eigenvalue weighted by Crippen LogP contribution is 2.25. The molecule has 0 atom stereocenters. The summed E-state index contributed by atoms with van der Waals surface area (Å²) in [5, 5.41) is 9.22. The Bertz CT molecular complexity index is 908. The first-order valence-corrected chi connectivity index (χ1v) is 9.23. The Morgan fingerprint density at radius 3 is 2.56 bits per heavy atom. The minimum absolute atomic E-state index is 0.216. The van der Waals surface area contributed by atoms with Gasteiger partial charge in [0.1, 0.15) is 0 Å². The van der Waals surface area contributed by atoms with Crippen LogP contribution in [0.2, 0.25) is 0 Å². The second-order valence-electron chi connectivity index (χ2n) is 5.51. The number of nitrogens with one attached hydrogen (secondary N) is 2. The number of aryl methyl sites for hydroxylation is 1. The summed E-state index contributed by atoms with van der Waals surface area (Å²) >= 11 is 1.44. The van der Waals surface area contributed by atoms with E-state index in [1.807, 2.05) is 12.1 Å². The Balaban J connectivity index is 1.49. The van der Waals surface area contributed by atoms with Gasteiger partial charge in [0.25, 0.3) is 11.8 Å². The number of carbonyl (C=O) groups is 2. The van der Waals surface area contributed by atoms with Gasteiger partial charge < -0.3 is 19.6 Å². The van der Waals surface area contributed by atoms with E-state index in [1.165, 1.54) is 18.0 Å². The van der Waals surface area contributed by atoms with Crippen molar-refractivity contribution in [1.29, 1.82) is 0 Å².